The number of hydrogen-bond acceptors (Lipinski definition) is 4. The standard InChI is InChI=1S/C22H23Cl2N3O/c23-14-4-7-16(8-5-14)26-22-13-19(18-11-15(24)6-9-20(18)27-22)21(28)12-17-3-1-2-10-25-17/h4-9,11,13,17,21,25,28H,1-3,10,12H2,(H,26,27). The highest BCUT2D eigenvalue weighted by Crippen LogP contribution is 2.32. The Hall–Kier alpha value is -1.85. The Morgan fingerprint density at radius 3 is 2.61 bits per heavy atom. The summed E-state index contributed by atoms with van der Waals surface area (Å²) in [6, 6.07) is 15.3. The molecule has 4 nitrogen and oxygen atoms in total. The van der Waals surface area contributed by atoms with Crippen LogP contribution < -0.4 is 10.6 Å². The molecule has 0 spiro atoms. The molecule has 4 rings (SSSR count). The zero-order valence-electron chi connectivity index (χ0n) is 15.5. The van der Waals surface area contributed by atoms with Gasteiger partial charge in [0.05, 0.1) is 11.6 Å². The molecule has 1 aromatic heterocycles. The van der Waals surface area contributed by atoms with E-state index >= 15 is 0 Å². The first kappa shape index (κ1) is 19.5. The summed E-state index contributed by atoms with van der Waals surface area (Å²) in [6.07, 6.45) is 3.58. The molecule has 2 atom stereocenters. The van der Waals surface area contributed by atoms with Crippen LogP contribution in [0.5, 0.6) is 0 Å². The molecule has 3 aromatic rings. The van der Waals surface area contributed by atoms with Gasteiger partial charge < -0.3 is 15.7 Å². The third-order valence-electron chi connectivity index (χ3n) is 5.20. The van der Waals surface area contributed by atoms with Crippen molar-refractivity contribution in [1.29, 1.82) is 0 Å². The van der Waals surface area contributed by atoms with Gasteiger partial charge in [0.2, 0.25) is 0 Å². The third kappa shape index (κ3) is 4.58. The SMILES string of the molecule is OC(CC1CCCCN1)c1cc(Nc2ccc(Cl)cc2)nc2ccc(Cl)cc12. The maximum Gasteiger partial charge on any atom is 0.131 e. The maximum absolute atomic E-state index is 11.0. The zero-order chi connectivity index (χ0) is 19.5. The van der Waals surface area contributed by atoms with Crippen LogP contribution in [-0.2, 0) is 0 Å². The van der Waals surface area contributed by atoms with Crippen LogP contribution in [0.1, 0.15) is 37.4 Å². The number of aliphatic hydroxyl groups excluding tert-OH is 1. The van der Waals surface area contributed by atoms with Gasteiger partial charge in [-0.3, -0.25) is 0 Å². The van der Waals surface area contributed by atoms with Gasteiger partial charge in [-0.1, -0.05) is 29.6 Å². The van der Waals surface area contributed by atoms with Crippen molar-refractivity contribution < 1.29 is 5.11 Å². The molecule has 2 unspecified atom stereocenters. The number of hydrogen-bond donors (Lipinski definition) is 3. The van der Waals surface area contributed by atoms with Gasteiger partial charge in [-0.15, -0.1) is 0 Å². The zero-order valence-corrected chi connectivity index (χ0v) is 17.0. The lowest BCUT2D eigenvalue weighted by molar-refractivity contribution is 0.146. The maximum atomic E-state index is 11.0. The van der Waals surface area contributed by atoms with Gasteiger partial charge in [0.1, 0.15) is 5.82 Å². The Balaban J connectivity index is 1.67. The second kappa shape index (κ2) is 8.66. The monoisotopic (exact) mass is 415 g/mol. The molecule has 1 aliphatic heterocycles. The average Bonchev–Trinajstić information content (AvgIpc) is 2.70. The fourth-order valence-electron chi connectivity index (χ4n) is 3.77. The lowest BCUT2D eigenvalue weighted by Crippen LogP contribution is -2.35. The molecule has 3 N–H and O–H groups in total. The largest absolute Gasteiger partial charge is 0.388 e. The molecule has 1 fully saturated rings. The summed E-state index contributed by atoms with van der Waals surface area (Å²) in [6.45, 7) is 1.02. The van der Waals surface area contributed by atoms with Crippen LogP contribution in [-0.4, -0.2) is 22.7 Å². The fourth-order valence-corrected chi connectivity index (χ4v) is 4.06. The van der Waals surface area contributed by atoms with Crippen molar-refractivity contribution in [1.82, 2.24) is 10.3 Å². The van der Waals surface area contributed by atoms with E-state index in [2.05, 4.69) is 10.6 Å². The molecule has 0 radical (unpaired) electrons. The molecule has 146 valence electrons. The first-order valence-corrected chi connectivity index (χ1v) is 10.4. The molecule has 0 aliphatic carbocycles. The van der Waals surface area contributed by atoms with Gasteiger partial charge in [0.15, 0.2) is 0 Å². The van der Waals surface area contributed by atoms with E-state index in [0.717, 1.165) is 35.1 Å². The number of fused-ring (bicyclic) bond motifs is 1. The van der Waals surface area contributed by atoms with Crippen LogP contribution in [0.2, 0.25) is 10.0 Å². The van der Waals surface area contributed by atoms with Gasteiger partial charge >= 0.3 is 0 Å². The molecule has 1 saturated heterocycles. The summed E-state index contributed by atoms with van der Waals surface area (Å²) in [5.41, 5.74) is 2.53. The normalized spacial score (nSPS) is 18.2. The van der Waals surface area contributed by atoms with Gasteiger partial charge in [-0.2, -0.15) is 0 Å². The minimum atomic E-state index is -0.592. The number of benzene rings is 2. The average molecular weight is 416 g/mol. The Labute approximate surface area is 174 Å². The van der Waals surface area contributed by atoms with Crippen molar-refractivity contribution in [3.05, 3.63) is 64.1 Å². The molecule has 2 aromatic carbocycles. The van der Waals surface area contributed by atoms with E-state index in [1.807, 2.05) is 48.5 Å². The topological polar surface area (TPSA) is 57.2 Å². The number of aromatic nitrogens is 1. The van der Waals surface area contributed by atoms with Gasteiger partial charge in [-0.25, -0.2) is 4.98 Å². The Morgan fingerprint density at radius 1 is 1.07 bits per heavy atom. The first-order valence-electron chi connectivity index (χ1n) is 9.63. The predicted molar refractivity (Wildman–Crippen MR) is 117 cm³/mol. The van der Waals surface area contributed by atoms with E-state index in [1.165, 1.54) is 12.8 Å². The summed E-state index contributed by atoms with van der Waals surface area (Å²) in [5.74, 6) is 0.683. The number of halogens is 2. The molecular weight excluding hydrogens is 393 g/mol. The molecule has 1 aliphatic rings. The molecule has 0 bridgehead atoms. The van der Waals surface area contributed by atoms with Crippen LogP contribution in [0.3, 0.4) is 0 Å². The second-order valence-electron chi connectivity index (χ2n) is 7.29. The van der Waals surface area contributed by atoms with Crippen molar-refractivity contribution in [2.24, 2.45) is 0 Å². The van der Waals surface area contributed by atoms with E-state index in [1.54, 1.807) is 0 Å². The van der Waals surface area contributed by atoms with E-state index < -0.39 is 6.10 Å². The lowest BCUT2D eigenvalue weighted by Gasteiger charge is -2.26. The number of pyridine rings is 1. The second-order valence-corrected chi connectivity index (χ2v) is 8.16. The van der Waals surface area contributed by atoms with Crippen LogP contribution in [0, 0.1) is 0 Å². The van der Waals surface area contributed by atoms with Crippen molar-refractivity contribution in [2.45, 2.75) is 37.8 Å². The quantitative estimate of drug-likeness (QED) is 0.488. The van der Waals surface area contributed by atoms with Crippen molar-refractivity contribution in [2.75, 3.05) is 11.9 Å². The highest BCUT2D eigenvalue weighted by atomic mass is 35.5. The Bertz CT molecular complexity index is 956. The minimum Gasteiger partial charge on any atom is -0.388 e. The lowest BCUT2D eigenvalue weighted by atomic mass is 9.94. The van der Waals surface area contributed by atoms with E-state index in [4.69, 9.17) is 28.2 Å². The highest BCUT2D eigenvalue weighted by Gasteiger charge is 2.21. The molecule has 2 heterocycles. The third-order valence-corrected chi connectivity index (χ3v) is 5.69. The van der Waals surface area contributed by atoms with Crippen LogP contribution in [0.15, 0.2) is 48.5 Å². The van der Waals surface area contributed by atoms with E-state index in [0.29, 0.717) is 28.3 Å². The number of nitrogens with zero attached hydrogens (tertiary/aromatic N) is 1. The van der Waals surface area contributed by atoms with Crippen molar-refractivity contribution in [3.63, 3.8) is 0 Å². The number of nitrogens with one attached hydrogen (secondary N) is 2. The summed E-state index contributed by atoms with van der Waals surface area (Å²) < 4.78 is 0. The number of aliphatic hydroxyl groups is 1. The van der Waals surface area contributed by atoms with Crippen molar-refractivity contribution >= 4 is 45.6 Å². The summed E-state index contributed by atoms with van der Waals surface area (Å²) >= 11 is 12.2. The van der Waals surface area contributed by atoms with Crippen LogP contribution in [0.4, 0.5) is 11.5 Å². The smallest absolute Gasteiger partial charge is 0.131 e. The summed E-state index contributed by atoms with van der Waals surface area (Å²) in [7, 11) is 0. The molecule has 6 heteroatoms. The molecule has 28 heavy (non-hydrogen) atoms. The Kier molecular flexibility index (Phi) is 6.02. The summed E-state index contributed by atoms with van der Waals surface area (Å²) in [5, 5.41) is 20.1. The van der Waals surface area contributed by atoms with E-state index in [-0.39, 0.29) is 0 Å². The van der Waals surface area contributed by atoms with Gasteiger partial charge in [-0.05, 0) is 79.9 Å². The Morgan fingerprint density at radius 2 is 1.86 bits per heavy atom. The summed E-state index contributed by atoms with van der Waals surface area (Å²) in [4.78, 5) is 4.69. The first-order chi connectivity index (χ1) is 13.6. The highest BCUT2D eigenvalue weighted by molar-refractivity contribution is 6.31. The molecule has 0 amide bonds. The number of piperidine rings is 1. The van der Waals surface area contributed by atoms with E-state index in [9.17, 15) is 5.11 Å². The molecule has 0 saturated carbocycles. The fraction of sp³-hybridized carbons (Fsp3) is 0.318. The minimum absolute atomic E-state index is 0.332. The van der Waals surface area contributed by atoms with Crippen LogP contribution in [0.25, 0.3) is 10.9 Å². The van der Waals surface area contributed by atoms with Crippen LogP contribution >= 0.6 is 23.2 Å². The van der Waals surface area contributed by atoms with Gasteiger partial charge in [0, 0.05) is 27.2 Å². The predicted octanol–water partition coefficient (Wildman–Crippen LogP) is 5.85. The molecular formula is C22H23Cl2N3O. The van der Waals surface area contributed by atoms with Gasteiger partial charge in [0.25, 0.3) is 0 Å². The number of rotatable bonds is 5. The number of anilines is 2. The van der Waals surface area contributed by atoms with Crippen molar-refractivity contribution in [3.8, 4) is 0 Å².